The van der Waals surface area contributed by atoms with Crippen LogP contribution in [0.2, 0.25) is 0 Å². The van der Waals surface area contributed by atoms with E-state index in [0.29, 0.717) is 5.41 Å². The zero-order chi connectivity index (χ0) is 15.8. The maximum Gasteiger partial charge on any atom is 0.0598 e. The van der Waals surface area contributed by atoms with E-state index in [9.17, 15) is 0 Å². The lowest BCUT2D eigenvalue weighted by atomic mass is 9.67. The Labute approximate surface area is 133 Å². The zero-order valence-corrected chi connectivity index (χ0v) is 15.3. The summed E-state index contributed by atoms with van der Waals surface area (Å²) < 4.78 is 6.00. The molecule has 1 aliphatic carbocycles. The second kappa shape index (κ2) is 9.15. The quantitative estimate of drug-likeness (QED) is 0.634. The molecular weight excluding hydrogens is 258 g/mol. The Kier molecular flexibility index (Phi) is 8.26. The maximum atomic E-state index is 6.00. The van der Waals surface area contributed by atoms with Gasteiger partial charge >= 0.3 is 0 Å². The molecule has 1 aliphatic rings. The minimum atomic E-state index is -0.00228. The van der Waals surface area contributed by atoms with Gasteiger partial charge in [-0.1, -0.05) is 33.1 Å². The average Bonchev–Trinajstić information content (AvgIpc) is 2.43. The van der Waals surface area contributed by atoms with Crippen LogP contribution in [0.3, 0.4) is 0 Å². The molecule has 21 heavy (non-hydrogen) atoms. The van der Waals surface area contributed by atoms with Gasteiger partial charge in [-0.05, 0) is 70.8 Å². The van der Waals surface area contributed by atoms with Crippen LogP contribution in [0.1, 0.15) is 86.0 Å². The molecular formula is C19H39NO. The Hall–Kier alpha value is -0.0800. The minimum Gasteiger partial charge on any atom is -0.376 e. The van der Waals surface area contributed by atoms with Crippen LogP contribution in [0.25, 0.3) is 0 Å². The van der Waals surface area contributed by atoms with Gasteiger partial charge in [0.15, 0.2) is 0 Å². The largest absolute Gasteiger partial charge is 0.376 e. The molecule has 0 atom stereocenters. The monoisotopic (exact) mass is 297 g/mol. The Morgan fingerprint density at radius 3 is 2.33 bits per heavy atom. The van der Waals surface area contributed by atoms with Crippen LogP contribution in [0, 0.1) is 11.3 Å². The highest BCUT2D eigenvalue weighted by atomic mass is 16.5. The van der Waals surface area contributed by atoms with Crippen LogP contribution >= 0.6 is 0 Å². The molecule has 1 fully saturated rings. The second-order valence-corrected chi connectivity index (χ2v) is 8.08. The lowest BCUT2D eigenvalue weighted by Gasteiger charge is -2.41. The fourth-order valence-corrected chi connectivity index (χ4v) is 3.55. The van der Waals surface area contributed by atoms with Crippen molar-refractivity contribution >= 4 is 0 Å². The number of unbranched alkanes of at least 4 members (excludes halogenated alkanes) is 1. The van der Waals surface area contributed by atoms with Crippen LogP contribution in [-0.2, 0) is 4.74 Å². The van der Waals surface area contributed by atoms with E-state index in [-0.39, 0.29) is 5.60 Å². The minimum absolute atomic E-state index is 0.00228. The van der Waals surface area contributed by atoms with Crippen molar-refractivity contribution in [2.75, 3.05) is 19.7 Å². The van der Waals surface area contributed by atoms with Crippen molar-refractivity contribution in [3.05, 3.63) is 0 Å². The van der Waals surface area contributed by atoms with E-state index in [1.54, 1.807) is 0 Å². The normalized spacial score (nSPS) is 27.0. The van der Waals surface area contributed by atoms with Gasteiger partial charge in [0, 0.05) is 13.2 Å². The van der Waals surface area contributed by atoms with Crippen molar-refractivity contribution in [3.63, 3.8) is 0 Å². The Bertz CT molecular complexity index is 261. The molecule has 1 saturated carbocycles. The molecule has 2 nitrogen and oxygen atoms in total. The summed E-state index contributed by atoms with van der Waals surface area (Å²) in [5.41, 5.74) is 0.488. The van der Waals surface area contributed by atoms with E-state index >= 15 is 0 Å². The Morgan fingerprint density at radius 2 is 1.81 bits per heavy atom. The third kappa shape index (κ3) is 7.65. The summed E-state index contributed by atoms with van der Waals surface area (Å²) in [5, 5.41) is 3.61. The van der Waals surface area contributed by atoms with Gasteiger partial charge in [0.2, 0.25) is 0 Å². The second-order valence-electron chi connectivity index (χ2n) is 8.08. The molecule has 0 heterocycles. The van der Waals surface area contributed by atoms with Crippen LogP contribution in [-0.4, -0.2) is 25.3 Å². The fourth-order valence-electron chi connectivity index (χ4n) is 3.55. The van der Waals surface area contributed by atoms with Crippen molar-refractivity contribution in [3.8, 4) is 0 Å². The van der Waals surface area contributed by atoms with E-state index in [2.05, 4.69) is 39.9 Å². The zero-order valence-electron chi connectivity index (χ0n) is 15.3. The fraction of sp³-hybridized carbons (Fsp3) is 1.00. The molecule has 1 rings (SSSR count). The number of hydrogen-bond acceptors (Lipinski definition) is 2. The summed E-state index contributed by atoms with van der Waals surface area (Å²) in [6.45, 7) is 14.2. The molecule has 0 aromatic rings. The molecule has 0 aliphatic heterocycles. The van der Waals surface area contributed by atoms with Crippen molar-refractivity contribution in [2.45, 2.75) is 91.6 Å². The Balaban J connectivity index is 2.44. The highest BCUT2D eigenvalue weighted by Gasteiger charge is 2.34. The van der Waals surface area contributed by atoms with Crippen LogP contribution in [0.4, 0.5) is 0 Å². The van der Waals surface area contributed by atoms with Gasteiger partial charge in [-0.2, -0.15) is 0 Å². The van der Waals surface area contributed by atoms with E-state index in [4.69, 9.17) is 4.74 Å². The number of nitrogens with one attached hydrogen (secondary N) is 1. The average molecular weight is 298 g/mol. The van der Waals surface area contributed by atoms with Gasteiger partial charge in [0.1, 0.15) is 0 Å². The summed E-state index contributed by atoms with van der Waals surface area (Å²) >= 11 is 0. The molecule has 0 radical (unpaired) electrons. The summed E-state index contributed by atoms with van der Waals surface area (Å²) in [6, 6.07) is 0. The highest BCUT2D eigenvalue weighted by Crippen LogP contribution is 2.42. The third-order valence-electron chi connectivity index (χ3n) is 5.05. The van der Waals surface area contributed by atoms with Gasteiger partial charge in [-0.3, -0.25) is 0 Å². The van der Waals surface area contributed by atoms with Crippen molar-refractivity contribution in [1.29, 1.82) is 0 Å². The van der Waals surface area contributed by atoms with Crippen LogP contribution in [0.5, 0.6) is 0 Å². The predicted molar refractivity (Wildman–Crippen MR) is 92.8 cm³/mol. The Morgan fingerprint density at radius 1 is 1.14 bits per heavy atom. The standard InChI is InChI=1S/C19H39NO/c1-6-8-9-17-10-12-19(13-11-17,16-20-7-2)14-15-21-18(3,4)5/h17,20H,6-16H2,1-5H3. The number of hydrogen-bond donors (Lipinski definition) is 1. The van der Waals surface area contributed by atoms with Crippen LogP contribution < -0.4 is 5.32 Å². The topological polar surface area (TPSA) is 21.3 Å². The summed E-state index contributed by atoms with van der Waals surface area (Å²) in [7, 11) is 0. The molecule has 2 heteroatoms. The first kappa shape index (κ1) is 19.0. The van der Waals surface area contributed by atoms with Crippen molar-refractivity contribution in [1.82, 2.24) is 5.32 Å². The van der Waals surface area contributed by atoms with Gasteiger partial charge < -0.3 is 10.1 Å². The summed E-state index contributed by atoms with van der Waals surface area (Å²) in [5.74, 6) is 0.989. The molecule has 0 spiro atoms. The summed E-state index contributed by atoms with van der Waals surface area (Å²) in [4.78, 5) is 0. The molecule has 1 N–H and O–H groups in total. The van der Waals surface area contributed by atoms with E-state index in [0.717, 1.165) is 19.1 Å². The molecule has 0 aromatic carbocycles. The highest BCUT2D eigenvalue weighted by molar-refractivity contribution is 4.87. The van der Waals surface area contributed by atoms with Gasteiger partial charge in [0.05, 0.1) is 5.60 Å². The lowest BCUT2D eigenvalue weighted by molar-refractivity contribution is -0.0260. The number of rotatable bonds is 9. The van der Waals surface area contributed by atoms with Gasteiger partial charge in [-0.25, -0.2) is 0 Å². The summed E-state index contributed by atoms with van der Waals surface area (Å²) in [6.07, 6.45) is 11.1. The first-order valence-corrected chi connectivity index (χ1v) is 9.25. The number of ether oxygens (including phenoxy) is 1. The van der Waals surface area contributed by atoms with E-state index in [1.165, 1.54) is 57.9 Å². The van der Waals surface area contributed by atoms with Gasteiger partial charge in [0.25, 0.3) is 0 Å². The molecule has 0 bridgehead atoms. The van der Waals surface area contributed by atoms with Crippen LogP contribution in [0.15, 0.2) is 0 Å². The van der Waals surface area contributed by atoms with Crippen molar-refractivity contribution in [2.24, 2.45) is 11.3 Å². The molecule has 0 amide bonds. The first-order chi connectivity index (χ1) is 9.91. The molecule has 0 unspecified atom stereocenters. The van der Waals surface area contributed by atoms with Gasteiger partial charge in [-0.15, -0.1) is 0 Å². The van der Waals surface area contributed by atoms with Crippen molar-refractivity contribution < 1.29 is 4.74 Å². The SMILES string of the molecule is CCCCC1CCC(CCOC(C)(C)C)(CNCC)CC1. The maximum absolute atomic E-state index is 6.00. The third-order valence-corrected chi connectivity index (χ3v) is 5.05. The van der Waals surface area contributed by atoms with E-state index < -0.39 is 0 Å². The van der Waals surface area contributed by atoms with E-state index in [1.807, 2.05) is 0 Å². The smallest absolute Gasteiger partial charge is 0.0598 e. The lowest BCUT2D eigenvalue weighted by Crippen LogP contribution is -2.39. The predicted octanol–water partition coefficient (Wildman–Crippen LogP) is 5.17. The first-order valence-electron chi connectivity index (χ1n) is 9.25. The molecule has 126 valence electrons. The molecule has 0 saturated heterocycles. The molecule has 0 aromatic heterocycles.